The van der Waals surface area contributed by atoms with Crippen molar-refractivity contribution >= 4 is 21.6 Å². The normalized spacial score (nSPS) is 21.2. The molecule has 0 unspecified atom stereocenters. The van der Waals surface area contributed by atoms with Gasteiger partial charge in [-0.2, -0.15) is 13.2 Å². The number of nitrogens with zero attached hydrogens (tertiary/aromatic N) is 4. The number of alkyl halides is 3. The average molecular weight is 457 g/mol. The summed E-state index contributed by atoms with van der Waals surface area (Å²) in [7, 11) is -3.54. The van der Waals surface area contributed by atoms with E-state index in [0.29, 0.717) is 32.6 Å². The number of rotatable bonds is 4. The number of anilines is 2. The maximum atomic E-state index is 13.7. The van der Waals surface area contributed by atoms with Gasteiger partial charge in [-0.3, -0.25) is 0 Å². The maximum absolute atomic E-state index is 13.7. The first-order chi connectivity index (χ1) is 14.4. The highest BCUT2D eigenvalue weighted by Crippen LogP contribution is 2.52. The van der Waals surface area contributed by atoms with E-state index in [1.807, 2.05) is 11.8 Å². The van der Waals surface area contributed by atoms with Gasteiger partial charge in [0.25, 0.3) is 0 Å². The molecule has 8 nitrogen and oxygen atoms in total. The number of aromatic nitrogens is 3. The average Bonchev–Trinajstić information content (AvgIpc) is 3.49. The third-order valence-electron chi connectivity index (χ3n) is 5.73. The molecule has 0 amide bonds. The highest BCUT2D eigenvalue weighted by atomic mass is 32.2. The highest BCUT2D eigenvalue weighted by Gasteiger charge is 2.55. The minimum absolute atomic E-state index is 0.0477. The van der Waals surface area contributed by atoms with Crippen LogP contribution in [0.3, 0.4) is 0 Å². The lowest BCUT2D eigenvalue weighted by Gasteiger charge is -2.34. The van der Waals surface area contributed by atoms with Gasteiger partial charge < -0.3 is 15.4 Å². The number of nitrogens with two attached hydrogens (primary N) is 1. The molecule has 3 heterocycles. The fraction of sp³-hybridized carbons (Fsp3) is 0.526. The van der Waals surface area contributed by atoms with Crippen molar-refractivity contribution in [1.29, 1.82) is 0 Å². The number of halogens is 3. The van der Waals surface area contributed by atoms with Crippen LogP contribution < -0.4 is 10.6 Å². The molecule has 1 saturated heterocycles. The van der Waals surface area contributed by atoms with Gasteiger partial charge in [0, 0.05) is 24.6 Å². The van der Waals surface area contributed by atoms with Crippen molar-refractivity contribution in [2.45, 2.75) is 36.7 Å². The van der Waals surface area contributed by atoms with Crippen molar-refractivity contribution in [3.63, 3.8) is 0 Å². The molecule has 0 aromatic carbocycles. The molecule has 1 aliphatic heterocycles. The van der Waals surface area contributed by atoms with Gasteiger partial charge in [0.2, 0.25) is 5.95 Å². The third-order valence-corrected chi connectivity index (χ3v) is 7.76. The quantitative estimate of drug-likeness (QED) is 0.745. The zero-order valence-electron chi connectivity index (χ0n) is 17.0. The Kier molecular flexibility index (Phi) is 5.12. The molecule has 2 fully saturated rings. The zero-order valence-corrected chi connectivity index (χ0v) is 17.8. The lowest BCUT2D eigenvalue weighted by molar-refractivity contribution is -0.137. The van der Waals surface area contributed by atoms with E-state index >= 15 is 0 Å². The minimum atomic E-state index is -4.70. The van der Waals surface area contributed by atoms with Gasteiger partial charge in [0.1, 0.15) is 10.6 Å². The molecule has 2 N–H and O–H groups in total. The molecule has 0 bridgehead atoms. The Labute approximate surface area is 177 Å². The maximum Gasteiger partial charge on any atom is 0.417 e. The van der Waals surface area contributed by atoms with E-state index in [-0.39, 0.29) is 34.8 Å². The summed E-state index contributed by atoms with van der Waals surface area (Å²) in [6.07, 6.45) is -1.86. The summed E-state index contributed by atoms with van der Waals surface area (Å²) in [4.78, 5) is 14.5. The van der Waals surface area contributed by atoms with Crippen LogP contribution in [0, 0.1) is 0 Å². The number of ether oxygens (including phenoxy) is 1. The van der Waals surface area contributed by atoms with Crippen LogP contribution in [0.4, 0.5) is 24.9 Å². The van der Waals surface area contributed by atoms with E-state index in [1.165, 1.54) is 6.07 Å². The molecule has 1 atom stereocenters. The van der Waals surface area contributed by atoms with Gasteiger partial charge in [-0.15, -0.1) is 0 Å². The van der Waals surface area contributed by atoms with Gasteiger partial charge in [-0.1, -0.05) is 0 Å². The van der Waals surface area contributed by atoms with Crippen LogP contribution in [-0.2, 0) is 25.5 Å². The van der Waals surface area contributed by atoms with Gasteiger partial charge in [0.05, 0.1) is 36.2 Å². The molecule has 2 aromatic heterocycles. The SMILES string of the molecule is C[C@@H]1COCCN1c1nc(-c2cnc(N)cc2C(F)(F)F)cc(C2(S(C)(=O)=O)CC2)n1. The molecule has 12 heteroatoms. The van der Waals surface area contributed by atoms with Crippen molar-refractivity contribution in [2.24, 2.45) is 0 Å². The highest BCUT2D eigenvalue weighted by molar-refractivity contribution is 7.91. The van der Waals surface area contributed by atoms with Crippen molar-refractivity contribution in [3.8, 4) is 11.3 Å². The van der Waals surface area contributed by atoms with E-state index in [4.69, 9.17) is 10.5 Å². The molecular weight excluding hydrogens is 435 g/mol. The van der Waals surface area contributed by atoms with E-state index in [9.17, 15) is 21.6 Å². The van der Waals surface area contributed by atoms with E-state index in [0.717, 1.165) is 18.5 Å². The topological polar surface area (TPSA) is 111 Å². The van der Waals surface area contributed by atoms with Crippen LogP contribution in [0.5, 0.6) is 0 Å². The second kappa shape index (κ2) is 7.30. The predicted octanol–water partition coefficient (Wildman–Crippen LogP) is 2.40. The number of hydrogen-bond acceptors (Lipinski definition) is 8. The van der Waals surface area contributed by atoms with Crippen LogP contribution in [0.15, 0.2) is 18.3 Å². The summed E-state index contributed by atoms with van der Waals surface area (Å²) in [6.45, 7) is 3.12. The molecule has 2 aromatic rings. The first-order valence-electron chi connectivity index (χ1n) is 9.69. The fourth-order valence-corrected chi connectivity index (χ4v) is 5.13. The molecule has 0 spiro atoms. The number of sulfone groups is 1. The van der Waals surface area contributed by atoms with Crippen LogP contribution in [0.1, 0.15) is 31.0 Å². The number of nitrogen functional groups attached to an aromatic ring is 1. The Morgan fingerprint density at radius 3 is 2.55 bits per heavy atom. The first kappa shape index (κ1) is 21.8. The summed E-state index contributed by atoms with van der Waals surface area (Å²) >= 11 is 0. The van der Waals surface area contributed by atoms with Gasteiger partial charge >= 0.3 is 6.18 Å². The lowest BCUT2D eigenvalue weighted by atomic mass is 10.0. The number of pyridine rings is 1. The lowest BCUT2D eigenvalue weighted by Crippen LogP contribution is -2.45. The molecule has 31 heavy (non-hydrogen) atoms. The molecule has 4 rings (SSSR count). The molecule has 168 valence electrons. The van der Waals surface area contributed by atoms with Crippen LogP contribution in [0.2, 0.25) is 0 Å². The van der Waals surface area contributed by atoms with Crippen molar-refractivity contribution in [2.75, 3.05) is 36.6 Å². The summed E-state index contributed by atoms with van der Waals surface area (Å²) in [5.74, 6) is -0.106. The molecule has 0 radical (unpaired) electrons. The van der Waals surface area contributed by atoms with Crippen molar-refractivity contribution in [1.82, 2.24) is 15.0 Å². The molecule has 1 saturated carbocycles. The minimum Gasteiger partial charge on any atom is -0.384 e. The van der Waals surface area contributed by atoms with Crippen LogP contribution in [0.25, 0.3) is 11.3 Å². The number of hydrogen-bond donors (Lipinski definition) is 1. The Bertz CT molecular complexity index is 1120. The smallest absolute Gasteiger partial charge is 0.384 e. The van der Waals surface area contributed by atoms with Gasteiger partial charge in [-0.25, -0.2) is 23.4 Å². The van der Waals surface area contributed by atoms with E-state index in [2.05, 4.69) is 15.0 Å². The number of morpholine rings is 1. The first-order valence-corrected chi connectivity index (χ1v) is 11.6. The largest absolute Gasteiger partial charge is 0.417 e. The molecular formula is C19H22F3N5O3S. The summed E-state index contributed by atoms with van der Waals surface area (Å²) in [5.41, 5.74) is 4.36. The predicted molar refractivity (Wildman–Crippen MR) is 108 cm³/mol. The summed E-state index contributed by atoms with van der Waals surface area (Å²) < 4.78 is 70.3. The molecule has 2 aliphatic rings. The Morgan fingerprint density at radius 1 is 1.26 bits per heavy atom. The Balaban J connectivity index is 1.94. The Morgan fingerprint density at radius 2 is 1.97 bits per heavy atom. The van der Waals surface area contributed by atoms with Gasteiger partial charge in [0.15, 0.2) is 9.84 Å². The van der Waals surface area contributed by atoms with Crippen molar-refractivity contribution in [3.05, 3.63) is 29.6 Å². The van der Waals surface area contributed by atoms with Crippen LogP contribution >= 0.6 is 0 Å². The zero-order chi connectivity index (χ0) is 22.6. The van der Waals surface area contributed by atoms with E-state index < -0.39 is 26.3 Å². The summed E-state index contributed by atoms with van der Waals surface area (Å²) in [5, 5.41) is 0. The van der Waals surface area contributed by atoms with Crippen LogP contribution in [-0.4, -0.2) is 55.4 Å². The fourth-order valence-electron chi connectivity index (χ4n) is 3.80. The Hall–Kier alpha value is -2.47. The second-order valence-corrected chi connectivity index (χ2v) is 10.3. The second-order valence-electron chi connectivity index (χ2n) is 7.97. The van der Waals surface area contributed by atoms with Crippen molar-refractivity contribution < 1.29 is 26.3 Å². The van der Waals surface area contributed by atoms with Gasteiger partial charge in [-0.05, 0) is 31.9 Å². The third kappa shape index (κ3) is 3.93. The standard InChI is InChI=1S/C19H22F3N5O3S/c1-11-10-30-6-5-27(11)17-25-14(8-15(26-17)18(3-4-18)31(2,28)29)12-9-24-16(23)7-13(12)19(20,21)22/h7-9,11H,3-6,10H2,1-2H3,(H2,23,24)/t11-/m1/s1. The monoisotopic (exact) mass is 457 g/mol. The summed E-state index contributed by atoms with van der Waals surface area (Å²) in [6, 6.07) is 1.94. The molecule has 1 aliphatic carbocycles. The van der Waals surface area contributed by atoms with E-state index in [1.54, 1.807) is 0 Å².